The van der Waals surface area contributed by atoms with E-state index >= 15 is 0 Å². The fraction of sp³-hybridized carbons (Fsp3) is 0.0476. The molecular formula is C21H17N5O2. The lowest BCUT2D eigenvalue weighted by atomic mass is 10.2. The Morgan fingerprint density at radius 3 is 2.57 bits per heavy atom. The third-order valence-corrected chi connectivity index (χ3v) is 4.13. The predicted molar refractivity (Wildman–Crippen MR) is 108 cm³/mol. The Morgan fingerprint density at radius 1 is 0.857 bits per heavy atom. The lowest BCUT2D eigenvalue weighted by Gasteiger charge is -2.11. The summed E-state index contributed by atoms with van der Waals surface area (Å²) in [6.07, 6.45) is 3.38. The van der Waals surface area contributed by atoms with E-state index < -0.39 is 5.97 Å². The molecule has 0 unspecified atom stereocenters. The zero-order valence-corrected chi connectivity index (χ0v) is 15.1. The van der Waals surface area contributed by atoms with E-state index in [2.05, 4.69) is 25.6 Å². The molecule has 138 valence electrons. The molecule has 0 saturated heterocycles. The number of rotatable bonds is 5. The number of fused-ring (bicyclic) bond motifs is 1. The van der Waals surface area contributed by atoms with Crippen molar-refractivity contribution in [1.82, 2.24) is 15.0 Å². The van der Waals surface area contributed by atoms with Crippen LogP contribution in [-0.4, -0.2) is 28.0 Å². The van der Waals surface area contributed by atoms with Gasteiger partial charge in [-0.3, -0.25) is 4.98 Å². The van der Waals surface area contributed by atoms with Gasteiger partial charge in [-0.1, -0.05) is 30.3 Å². The van der Waals surface area contributed by atoms with Gasteiger partial charge in [0.25, 0.3) is 0 Å². The van der Waals surface area contributed by atoms with Crippen LogP contribution in [0.15, 0.2) is 73.1 Å². The molecule has 0 amide bonds. The van der Waals surface area contributed by atoms with E-state index in [-0.39, 0.29) is 0 Å². The third-order valence-electron chi connectivity index (χ3n) is 4.13. The molecule has 7 nitrogen and oxygen atoms in total. The third kappa shape index (κ3) is 3.59. The minimum Gasteiger partial charge on any atom is -0.465 e. The molecule has 28 heavy (non-hydrogen) atoms. The van der Waals surface area contributed by atoms with Gasteiger partial charge >= 0.3 is 5.97 Å². The molecule has 2 heterocycles. The van der Waals surface area contributed by atoms with Crippen LogP contribution in [0.2, 0.25) is 0 Å². The number of aromatic nitrogens is 3. The van der Waals surface area contributed by atoms with Crippen molar-refractivity contribution < 1.29 is 9.53 Å². The maximum absolute atomic E-state index is 11.9. The summed E-state index contributed by atoms with van der Waals surface area (Å²) >= 11 is 0. The topological polar surface area (TPSA) is 89.0 Å². The zero-order chi connectivity index (χ0) is 19.3. The molecule has 0 fully saturated rings. The maximum Gasteiger partial charge on any atom is 0.339 e. The van der Waals surface area contributed by atoms with Crippen LogP contribution in [0.5, 0.6) is 0 Å². The molecule has 2 aromatic heterocycles. The first-order chi connectivity index (χ1) is 13.7. The fourth-order valence-electron chi connectivity index (χ4n) is 2.83. The van der Waals surface area contributed by atoms with Crippen LogP contribution in [0.25, 0.3) is 10.9 Å². The van der Waals surface area contributed by atoms with E-state index in [1.54, 1.807) is 36.7 Å². The molecule has 0 spiro atoms. The van der Waals surface area contributed by atoms with Crippen molar-refractivity contribution in [1.29, 1.82) is 0 Å². The van der Waals surface area contributed by atoms with Crippen molar-refractivity contribution in [2.75, 3.05) is 17.7 Å². The monoisotopic (exact) mass is 371 g/mol. The second kappa shape index (κ2) is 7.71. The smallest absolute Gasteiger partial charge is 0.339 e. The van der Waals surface area contributed by atoms with Crippen LogP contribution < -0.4 is 10.6 Å². The lowest BCUT2D eigenvalue weighted by Crippen LogP contribution is -2.07. The van der Waals surface area contributed by atoms with Crippen LogP contribution in [0.3, 0.4) is 0 Å². The molecule has 0 radical (unpaired) electrons. The Kier molecular flexibility index (Phi) is 4.79. The van der Waals surface area contributed by atoms with Gasteiger partial charge in [0, 0.05) is 17.8 Å². The Morgan fingerprint density at radius 2 is 1.68 bits per heavy atom. The second-order valence-electron chi connectivity index (χ2n) is 5.93. The summed E-state index contributed by atoms with van der Waals surface area (Å²) < 4.78 is 4.83. The zero-order valence-electron chi connectivity index (χ0n) is 15.1. The average Bonchev–Trinajstić information content (AvgIpc) is 2.74. The largest absolute Gasteiger partial charge is 0.465 e. The fourth-order valence-corrected chi connectivity index (χ4v) is 2.83. The normalized spacial score (nSPS) is 10.5. The van der Waals surface area contributed by atoms with E-state index in [9.17, 15) is 4.79 Å². The molecule has 7 heteroatoms. The number of hydrogen-bond acceptors (Lipinski definition) is 7. The van der Waals surface area contributed by atoms with Crippen LogP contribution >= 0.6 is 0 Å². The molecule has 2 N–H and O–H groups in total. The first-order valence-electron chi connectivity index (χ1n) is 8.63. The number of nitrogens with one attached hydrogen (secondary N) is 2. The number of benzene rings is 2. The standard InChI is InChI=1S/C21H17N5O2/c1-28-20(27)15-8-2-3-9-16(15)24-18-11-13-23-21(26-18)25-17-10-4-6-14-7-5-12-22-19(14)17/h2-13H,1H3,(H2,23,24,25,26). The van der Waals surface area contributed by atoms with Crippen molar-refractivity contribution in [3.8, 4) is 0 Å². The first-order valence-corrected chi connectivity index (χ1v) is 8.63. The summed E-state index contributed by atoms with van der Waals surface area (Å²) in [7, 11) is 1.35. The van der Waals surface area contributed by atoms with Crippen molar-refractivity contribution in [3.63, 3.8) is 0 Å². The molecule has 0 aliphatic carbocycles. The van der Waals surface area contributed by atoms with Gasteiger partial charge in [-0.25, -0.2) is 9.78 Å². The van der Waals surface area contributed by atoms with Crippen LogP contribution in [0.4, 0.5) is 23.1 Å². The number of methoxy groups -OCH3 is 1. The van der Waals surface area contributed by atoms with Gasteiger partial charge in [0.15, 0.2) is 0 Å². The molecule has 0 aliphatic heterocycles. The number of anilines is 4. The minimum absolute atomic E-state index is 0.415. The lowest BCUT2D eigenvalue weighted by molar-refractivity contribution is 0.0602. The summed E-state index contributed by atoms with van der Waals surface area (Å²) in [4.78, 5) is 25.1. The van der Waals surface area contributed by atoms with E-state index in [0.717, 1.165) is 16.6 Å². The molecule has 0 saturated carbocycles. The number of ether oxygens (including phenoxy) is 1. The Hall–Kier alpha value is -4.00. The highest BCUT2D eigenvalue weighted by atomic mass is 16.5. The summed E-state index contributed by atoms with van der Waals surface area (Å²) in [5.74, 6) is 0.540. The second-order valence-corrected chi connectivity index (χ2v) is 5.93. The van der Waals surface area contributed by atoms with Gasteiger partial charge in [0.2, 0.25) is 5.95 Å². The summed E-state index contributed by atoms with van der Waals surface area (Å²) in [5.41, 5.74) is 2.68. The van der Waals surface area contributed by atoms with Gasteiger partial charge in [0.05, 0.1) is 29.6 Å². The Labute approximate surface area is 161 Å². The molecule has 4 aromatic rings. The Bertz CT molecular complexity index is 1140. The predicted octanol–water partition coefficient (Wildman–Crippen LogP) is 4.30. The van der Waals surface area contributed by atoms with Gasteiger partial charge in [-0.15, -0.1) is 0 Å². The van der Waals surface area contributed by atoms with Crippen molar-refractivity contribution in [2.45, 2.75) is 0 Å². The van der Waals surface area contributed by atoms with Gasteiger partial charge in [-0.2, -0.15) is 4.98 Å². The number of nitrogens with zero attached hydrogens (tertiary/aromatic N) is 3. The number of pyridine rings is 1. The van der Waals surface area contributed by atoms with Crippen LogP contribution in [0.1, 0.15) is 10.4 Å². The number of para-hydroxylation sites is 2. The quantitative estimate of drug-likeness (QED) is 0.506. The highest BCUT2D eigenvalue weighted by Crippen LogP contribution is 2.24. The van der Waals surface area contributed by atoms with Crippen molar-refractivity contribution in [3.05, 3.63) is 78.6 Å². The average molecular weight is 371 g/mol. The van der Waals surface area contributed by atoms with Gasteiger partial charge in [0.1, 0.15) is 5.82 Å². The van der Waals surface area contributed by atoms with Gasteiger partial charge in [-0.05, 0) is 30.3 Å². The first kappa shape index (κ1) is 17.4. The highest BCUT2D eigenvalue weighted by molar-refractivity contribution is 5.96. The van der Waals surface area contributed by atoms with E-state index in [0.29, 0.717) is 23.0 Å². The number of carbonyl (C=O) groups is 1. The molecule has 2 aromatic carbocycles. The summed E-state index contributed by atoms with van der Waals surface area (Å²) in [6.45, 7) is 0. The summed E-state index contributed by atoms with van der Waals surface area (Å²) in [5, 5.41) is 7.37. The van der Waals surface area contributed by atoms with Crippen molar-refractivity contribution >= 4 is 40.0 Å². The summed E-state index contributed by atoms with van der Waals surface area (Å²) in [6, 6.07) is 18.6. The van der Waals surface area contributed by atoms with Crippen LogP contribution in [-0.2, 0) is 4.74 Å². The maximum atomic E-state index is 11.9. The van der Waals surface area contributed by atoms with Gasteiger partial charge < -0.3 is 15.4 Å². The van der Waals surface area contributed by atoms with E-state index in [1.165, 1.54) is 7.11 Å². The minimum atomic E-state index is -0.419. The molecule has 0 bridgehead atoms. The SMILES string of the molecule is COC(=O)c1ccccc1Nc1ccnc(Nc2cccc3cccnc23)n1. The van der Waals surface area contributed by atoms with Crippen LogP contribution in [0, 0.1) is 0 Å². The highest BCUT2D eigenvalue weighted by Gasteiger charge is 2.12. The number of hydrogen-bond donors (Lipinski definition) is 2. The molecule has 0 aliphatic rings. The molecular weight excluding hydrogens is 354 g/mol. The Balaban J connectivity index is 1.62. The van der Waals surface area contributed by atoms with Crippen molar-refractivity contribution in [2.24, 2.45) is 0 Å². The number of esters is 1. The van der Waals surface area contributed by atoms with E-state index in [4.69, 9.17) is 4.74 Å². The number of carbonyl (C=O) groups excluding carboxylic acids is 1. The molecule has 4 rings (SSSR count). The molecule has 0 atom stereocenters. The van der Waals surface area contributed by atoms with E-state index in [1.807, 2.05) is 36.4 Å².